The molecule has 118 valence electrons. The normalized spacial score (nSPS) is 12.1. The minimum absolute atomic E-state index is 0.0901. The van der Waals surface area contributed by atoms with Gasteiger partial charge >= 0.3 is 5.69 Å². The van der Waals surface area contributed by atoms with Gasteiger partial charge in [0.25, 0.3) is 0 Å². The van der Waals surface area contributed by atoms with Gasteiger partial charge in [0.1, 0.15) is 12.4 Å². The van der Waals surface area contributed by atoms with Gasteiger partial charge in [-0.25, -0.2) is 0 Å². The summed E-state index contributed by atoms with van der Waals surface area (Å²) in [5, 5.41) is 21.5. The van der Waals surface area contributed by atoms with Crippen LogP contribution in [0.15, 0.2) is 18.6 Å². The van der Waals surface area contributed by atoms with E-state index in [1.807, 2.05) is 13.8 Å². The number of hydrogen-bond acceptors (Lipinski definition) is 5. The zero-order valence-corrected chi connectivity index (χ0v) is 12.7. The maximum Gasteiger partial charge on any atom is 0.306 e. The Labute approximate surface area is 127 Å². The van der Waals surface area contributed by atoms with E-state index in [2.05, 4.69) is 15.5 Å². The Bertz CT molecular complexity index is 690. The number of nitrogens with one attached hydrogen (secondary N) is 1. The predicted molar refractivity (Wildman–Crippen MR) is 79.3 cm³/mol. The van der Waals surface area contributed by atoms with Gasteiger partial charge in [0.15, 0.2) is 0 Å². The van der Waals surface area contributed by atoms with E-state index in [9.17, 15) is 14.9 Å². The lowest BCUT2D eigenvalue weighted by Gasteiger charge is -2.11. The van der Waals surface area contributed by atoms with Crippen molar-refractivity contribution in [3.63, 3.8) is 0 Å². The van der Waals surface area contributed by atoms with E-state index < -0.39 is 4.92 Å². The molecule has 0 saturated carbocycles. The van der Waals surface area contributed by atoms with Gasteiger partial charge in [0.2, 0.25) is 5.91 Å². The number of amides is 1. The van der Waals surface area contributed by atoms with Crippen LogP contribution in [-0.4, -0.2) is 30.4 Å². The topological polar surface area (TPSA) is 108 Å². The highest BCUT2D eigenvalue weighted by atomic mass is 16.6. The Morgan fingerprint density at radius 1 is 1.45 bits per heavy atom. The first kappa shape index (κ1) is 15.7. The average molecular weight is 306 g/mol. The van der Waals surface area contributed by atoms with Gasteiger partial charge in [0, 0.05) is 6.54 Å². The van der Waals surface area contributed by atoms with Crippen LogP contribution in [0.25, 0.3) is 0 Å². The van der Waals surface area contributed by atoms with E-state index >= 15 is 0 Å². The molecule has 1 N–H and O–H groups in total. The van der Waals surface area contributed by atoms with Crippen LogP contribution in [0.4, 0.5) is 11.4 Å². The number of anilines is 1. The van der Waals surface area contributed by atoms with Crippen molar-refractivity contribution in [1.82, 2.24) is 19.6 Å². The second-order valence-electron chi connectivity index (χ2n) is 5.03. The minimum Gasteiger partial charge on any atom is -0.323 e. The van der Waals surface area contributed by atoms with Crippen molar-refractivity contribution < 1.29 is 9.72 Å². The monoisotopic (exact) mass is 306 g/mol. The maximum absolute atomic E-state index is 12.2. The van der Waals surface area contributed by atoms with E-state index in [4.69, 9.17) is 0 Å². The Balaban J connectivity index is 1.99. The molecule has 1 unspecified atom stereocenters. The second kappa shape index (κ2) is 6.37. The molecule has 0 fully saturated rings. The second-order valence-corrected chi connectivity index (χ2v) is 5.03. The first-order valence-corrected chi connectivity index (χ1v) is 6.92. The van der Waals surface area contributed by atoms with Crippen LogP contribution in [0.5, 0.6) is 0 Å². The lowest BCUT2D eigenvalue weighted by Crippen LogP contribution is -2.24. The number of rotatable bonds is 6. The number of carbonyl (C=O) groups is 1. The van der Waals surface area contributed by atoms with Crippen LogP contribution < -0.4 is 5.32 Å². The summed E-state index contributed by atoms with van der Waals surface area (Å²) in [4.78, 5) is 22.3. The quantitative estimate of drug-likeness (QED) is 0.644. The number of aryl methyl sites for hydroxylation is 1. The molecular formula is C13H18N6O3. The van der Waals surface area contributed by atoms with Crippen LogP contribution in [-0.2, 0) is 17.9 Å². The van der Waals surface area contributed by atoms with Gasteiger partial charge in [-0.05, 0) is 13.8 Å². The highest BCUT2D eigenvalue weighted by Crippen LogP contribution is 2.15. The van der Waals surface area contributed by atoms with E-state index in [1.165, 1.54) is 17.1 Å². The maximum atomic E-state index is 12.2. The van der Waals surface area contributed by atoms with Crippen LogP contribution in [0.3, 0.4) is 0 Å². The molecule has 0 radical (unpaired) electrons. The number of hydrogen-bond donors (Lipinski definition) is 1. The predicted octanol–water partition coefficient (Wildman–Crippen LogP) is 1.59. The van der Waals surface area contributed by atoms with Crippen molar-refractivity contribution >= 4 is 17.3 Å². The zero-order chi connectivity index (χ0) is 16.3. The number of aromatic nitrogens is 4. The molecule has 0 aliphatic heterocycles. The van der Waals surface area contributed by atoms with E-state index in [0.29, 0.717) is 5.69 Å². The van der Waals surface area contributed by atoms with Gasteiger partial charge in [0.05, 0.1) is 35.0 Å². The van der Waals surface area contributed by atoms with Gasteiger partial charge in [-0.15, -0.1) is 0 Å². The SMILES string of the molecule is CCn1ncc(NC(=O)C(C)Cn2cc([N+](=O)[O-])cn2)c1C. The van der Waals surface area contributed by atoms with Crippen LogP contribution >= 0.6 is 0 Å². The fraction of sp³-hybridized carbons (Fsp3) is 0.462. The average Bonchev–Trinajstić information content (AvgIpc) is 3.07. The molecule has 2 aromatic heterocycles. The van der Waals surface area contributed by atoms with Gasteiger partial charge in [-0.3, -0.25) is 24.3 Å². The summed E-state index contributed by atoms with van der Waals surface area (Å²) >= 11 is 0. The van der Waals surface area contributed by atoms with Crippen LogP contribution in [0.1, 0.15) is 19.5 Å². The lowest BCUT2D eigenvalue weighted by molar-refractivity contribution is -0.385. The highest BCUT2D eigenvalue weighted by molar-refractivity contribution is 5.92. The molecule has 9 heteroatoms. The molecule has 0 saturated heterocycles. The molecule has 0 aliphatic carbocycles. The number of carbonyl (C=O) groups excluding carboxylic acids is 1. The Hall–Kier alpha value is -2.71. The summed E-state index contributed by atoms with van der Waals surface area (Å²) < 4.78 is 3.18. The fourth-order valence-corrected chi connectivity index (χ4v) is 2.05. The van der Waals surface area contributed by atoms with Gasteiger partial charge in [-0.2, -0.15) is 10.2 Å². The molecule has 22 heavy (non-hydrogen) atoms. The van der Waals surface area contributed by atoms with Gasteiger partial charge in [-0.1, -0.05) is 6.92 Å². The third-order valence-electron chi connectivity index (χ3n) is 3.40. The highest BCUT2D eigenvalue weighted by Gasteiger charge is 2.18. The smallest absolute Gasteiger partial charge is 0.306 e. The molecule has 1 atom stereocenters. The van der Waals surface area contributed by atoms with Crippen molar-refractivity contribution in [3.8, 4) is 0 Å². The standard InChI is InChI=1S/C13H18N6O3/c1-4-18-10(3)12(6-15-18)16-13(20)9(2)7-17-8-11(5-14-17)19(21)22/h5-6,8-9H,4,7H2,1-3H3,(H,16,20). The molecule has 2 heterocycles. The van der Waals surface area contributed by atoms with E-state index in [0.717, 1.165) is 12.2 Å². The molecule has 0 spiro atoms. The summed E-state index contributed by atoms with van der Waals surface area (Å²) in [6.45, 7) is 6.59. The summed E-state index contributed by atoms with van der Waals surface area (Å²) in [7, 11) is 0. The Morgan fingerprint density at radius 2 is 2.18 bits per heavy atom. The van der Waals surface area contributed by atoms with Crippen molar-refractivity contribution in [1.29, 1.82) is 0 Å². The lowest BCUT2D eigenvalue weighted by atomic mass is 10.1. The van der Waals surface area contributed by atoms with Crippen LogP contribution in [0, 0.1) is 23.0 Å². The zero-order valence-electron chi connectivity index (χ0n) is 12.7. The van der Waals surface area contributed by atoms with Crippen molar-refractivity contribution in [2.24, 2.45) is 5.92 Å². The van der Waals surface area contributed by atoms with Gasteiger partial charge < -0.3 is 5.32 Å². The molecule has 1 amide bonds. The van der Waals surface area contributed by atoms with Crippen LogP contribution in [0.2, 0.25) is 0 Å². The van der Waals surface area contributed by atoms with E-state index in [-0.39, 0.29) is 24.1 Å². The molecular weight excluding hydrogens is 288 g/mol. The molecule has 2 rings (SSSR count). The molecule has 2 aromatic rings. The van der Waals surface area contributed by atoms with E-state index in [1.54, 1.807) is 17.8 Å². The minimum atomic E-state index is -0.517. The first-order valence-electron chi connectivity index (χ1n) is 6.92. The third-order valence-corrected chi connectivity index (χ3v) is 3.40. The summed E-state index contributed by atoms with van der Waals surface area (Å²) in [6.07, 6.45) is 4.09. The molecule has 0 bridgehead atoms. The number of nitro groups is 1. The van der Waals surface area contributed by atoms with Crippen molar-refractivity contribution in [3.05, 3.63) is 34.4 Å². The third kappa shape index (κ3) is 3.30. The Kier molecular flexibility index (Phi) is 4.54. The summed E-state index contributed by atoms with van der Waals surface area (Å²) in [6, 6.07) is 0. The largest absolute Gasteiger partial charge is 0.323 e. The Morgan fingerprint density at radius 3 is 2.73 bits per heavy atom. The molecule has 0 aliphatic rings. The number of nitrogens with zero attached hydrogens (tertiary/aromatic N) is 5. The van der Waals surface area contributed by atoms with Crippen molar-refractivity contribution in [2.45, 2.75) is 33.9 Å². The molecule has 9 nitrogen and oxygen atoms in total. The first-order chi connectivity index (χ1) is 10.4. The molecule has 0 aromatic carbocycles. The summed E-state index contributed by atoms with van der Waals surface area (Å²) in [5.74, 6) is -0.569. The fourth-order valence-electron chi connectivity index (χ4n) is 2.05. The van der Waals surface area contributed by atoms with Crippen molar-refractivity contribution in [2.75, 3.05) is 5.32 Å². The summed E-state index contributed by atoms with van der Waals surface area (Å²) in [5.41, 5.74) is 1.47.